The molecule has 1 saturated heterocycles. The lowest BCUT2D eigenvalue weighted by Crippen LogP contribution is -2.34. The Morgan fingerprint density at radius 3 is 2.69 bits per heavy atom. The molecule has 0 radical (unpaired) electrons. The summed E-state index contributed by atoms with van der Waals surface area (Å²) in [5.74, 6) is 0.486. The predicted molar refractivity (Wildman–Crippen MR) is 99.3 cm³/mol. The standard InChI is InChI=1S/C19H29N5O2/c1-13-11-15(3)24(21-13)12-17-16(4)26-22-18(17)19(25)20-8-7-14(2)23-9-5-6-10-23/h11,14H,5-10,12H2,1-4H3,(H,20,25)/t14-/m0/s1. The maximum absolute atomic E-state index is 12.6. The molecule has 0 aliphatic carbocycles. The van der Waals surface area contributed by atoms with E-state index < -0.39 is 0 Å². The third-order valence-corrected chi connectivity index (χ3v) is 5.22. The van der Waals surface area contributed by atoms with Crippen LogP contribution in [0.2, 0.25) is 0 Å². The Labute approximate surface area is 154 Å². The highest BCUT2D eigenvalue weighted by Crippen LogP contribution is 2.17. The Kier molecular flexibility index (Phi) is 5.76. The Hall–Kier alpha value is -2.15. The summed E-state index contributed by atoms with van der Waals surface area (Å²) in [6, 6.07) is 2.51. The molecule has 2 aromatic rings. The first kappa shape index (κ1) is 18.6. The number of carbonyl (C=O) groups is 1. The highest BCUT2D eigenvalue weighted by Gasteiger charge is 2.22. The molecule has 7 nitrogen and oxygen atoms in total. The minimum Gasteiger partial charge on any atom is -0.361 e. The maximum atomic E-state index is 12.6. The lowest BCUT2D eigenvalue weighted by molar-refractivity contribution is 0.0939. The minimum absolute atomic E-state index is 0.174. The highest BCUT2D eigenvalue weighted by molar-refractivity contribution is 5.93. The zero-order valence-electron chi connectivity index (χ0n) is 16.2. The monoisotopic (exact) mass is 359 g/mol. The molecule has 1 N–H and O–H groups in total. The van der Waals surface area contributed by atoms with Crippen LogP contribution in [0.4, 0.5) is 0 Å². The number of carbonyl (C=O) groups excluding carboxylic acids is 1. The first-order chi connectivity index (χ1) is 12.5. The molecule has 0 aromatic carbocycles. The van der Waals surface area contributed by atoms with Gasteiger partial charge in [-0.3, -0.25) is 9.48 Å². The summed E-state index contributed by atoms with van der Waals surface area (Å²) in [5.41, 5.74) is 3.16. The van der Waals surface area contributed by atoms with Gasteiger partial charge in [0.2, 0.25) is 0 Å². The molecule has 7 heteroatoms. The largest absolute Gasteiger partial charge is 0.361 e. The molecule has 3 heterocycles. The van der Waals surface area contributed by atoms with Gasteiger partial charge in [-0.2, -0.15) is 5.10 Å². The van der Waals surface area contributed by atoms with E-state index in [2.05, 4.69) is 27.4 Å². The molecule has 0 spiro atoms. The van der Waals surface area contributed by atoms with Gasteiger partial charge in [0.1, 0.15) is 5.76 Å². The van der Waals surface area contributed by atoms with Gasteiger partial charge >= 0.3 is 0 Å². The summed E-state index contributed by atoms with van der Waals surface area (Å²) in [4.78, 5) is 15.1. The van der Waals surface area contributed by atoms with E-state index in [1.165, 1.54) is 25.9 Å². The van der Waals surface area contributed by atoms with E-state index in [4.69, 9.17) is 4.52 Å². The molecule has 2 aromatic heterocycles. The van der Waals surface area contributed by atoms with Crippen LogP contribution in [0.5, 0.6) is 0 Å². The van der Waals surface area contributed by atoms with E-state index in [0.29, 0.717) is 30.6 Å². The Morgan fingerprint density at radius 2 is 2.04 bits per heavy atom. The van der Waals surface area contributed by atoms with E-state index in [1.54, 1.807) is 0 Å². The van der Waals surface area contributed by atoms with E-state index in [0.717, 1.165) is 23.4 Å². The zero-order chi connectivity index (χ0) is 18.7. The highest BCUT2D eigenvalue weighted by atomic mass is 16.5. The first-order valence-corrected chi connectivity index (χ1v) is 9.44. The molecule has 1 aliphatic heterocycles. The zero-order valence-corrected chi connectivity index (χ0v) is 16.2. The molecular weight excluding hydrogens is 330 g/mol. The second kappa shape index (κ2) is 8.03. The average Bonchev–Trinajstić information content (AvgIpc) is 3.30. The van der Waals surface area contributed by atoms with Crippen LogP contribution in [-0.4, -0.2) is 51.4 Å². The maximum Gasteiger partial charge on any atom is 0.273 e. The topological polar surface area (TPSA) is 76.2 Å². The van der Waals surface area contributed by atoms with Crippen molar-refractivity contribution in [1.29, 1.82) is 0 Å². The number of nitrogens with one attached hydrogen (secondary N) is 1. The molecule has 1 fully saturated rings. The second-order valence-electron chi connectivity index (χ2n) is 7.29. The van der Waals surface area contributed by atoms with Crippen molar-refractivity contribution < 1.29 is 9.32 Å². The van der Waals surface area contributed by atoms with Crippen LogP contribution in [0.15, 0.2) is 10.6 Å². The molecule has 142 valence electrons. The molecule has 1 amide bonds. The summed E-state index contributed by atoms with van der Waals surface area (Å²) in [7, 11) is 0. The quantitative estimate of drug-likeness (QED) is 0.822. The molecule has 26 heavy (non-hydrogen) atoms. The van der Waals surface area contributed by atoms with Gasteiger partial charge in [-0.15, -0.1) is 0 Å². The predicted octanol–water partition coefficient (Wildman–Crippen LogP) is 2.45. The van der Waals surface area contributed by atoms with Crippen LogP contribution in [0.25, 0.3) is 0 Å². The van der Waals surface area contributed by atoms with Crippen LogP contribution in [0.1, 0.15) is 59.4 Å². The Balaban J connectivity index is 1.60. The number of aryl methyl sites for hydroxylation is 3. The summed E-state index contributed by atoms with van der Waals surface area (Å²) >= 11 is 0. The fraction of sp³-hybridized carbons (Fsp3) is 0.632. The summed E-state index contributed by atoms with van der Waals surface area (Å²) in [5, 5.41) is 11.4. The van der Waals surface area contributed by atoms with Gasteiger partial charge in [-0.05, 0) is 66.1 Å². The molecule has 1 aliphatic rings. The van der Waals surface area contributed by atoms with Gasteiger partial charge in [0, 0.05) is 23.8 Å². The van der Waals surface area contributed by atoms with E-state index >= 15 is 0 Å². The van der Waals surface area contributed by atoms with Crippen molar-refractivity contribution in [3.05, 3.63) is 34.5 Å². The van der Waals surface area contributed by atoms with E-state index in [-0.39, 0.29) is 5.91 Å². The van der Waals surface area contributed by atoms with Crippen molar-refractivity contribution in [3.63, 3.8) is 0 Å². The number of hydrogen-bond donors (Lipinski definition) is 1. The van der Waals surface area contributed by atoms with Crippen LogP contribution in [0.3, 0.4) is 0 Å². The van der Waals surface area contributed by atoms with Crippen LogP contribution >= 0.6 is 0 Å². The number of nitrogens with zero attached hydrogens (tertiary/aromatic N) is 4. The van der Waals surface area contributed by atoms with Gasteiger partial charge in [-0.25, -0.2) is 0 Å². The number of aromatic nitrogens is 3. The molecular formula is C19H29N5O2. The van der Waals surface area contributed by atoms with Crippen molar-refractivity contribution >= 4 is 5.91 Å². The summed E-state index contributed by atoms with van der Waals surface area (Å²) in [6.45, 7) is 11.5. The fourth-order valence-electron chi connectivity index (χ4n) is 3.58. The minimum atomic E-state index is -0.174. The van der Waals surface area contributed by atoms with Crippen molar-refractivity contribution in [2.45, 2.75) is 59.5 Å². The van der Waals surface area contributed by atoms with Crippen molar-refractivity contribution in [2.75, 3.05) is 19.6 Å². The molecule has 0 saturated carbocycles. The van der Waals surface area contributed by atoms with Gasteiger partial charge in [0.25, 0.3) is 5.91 Å². The van der Waals surface area contributed by atoms with Crippen LogP contribution in [0, 0.1) is 20.8 Å². The first-order valence-electron chi connectivity index (χ1n) is 9.44. The van der Waals surface area contributed by atoms with E-state index in [1.807, 2.05) is 31.5 Å². The molecule has 0 unspecified atom stereocenters. The lowest BCUT2D eigenvalue weighted by atomic mass is 10.1. The summed E-state index contributed by atoms with van der Waals surface area (Å²) < 4.78 is 7.16. The lowest BCUT2D eigenvalue weighted by Gasteiger charge is -2.23. The van der Waals surface area contributed by atoms with Gasteiger partial charge in [0.05, 0.1) is 12.2 Å². The second-order valence-corrected chi connectivity index (χ2v) is 7.29. The Morgan fingerprint density at radius 1 is 1.31 bits per heavy atom. The average molecular weight is 359 g/mol. The number of amides is 1. The smallest absolute Gasteiger partial charge is 0.273 e. The Bertz CT molecular complexity index is 758. The van der Waals surface area contributed by atoms with Gasteiger partial charge in [-0.1, -0.05) is 5.16 Å². The van der Waals surface area contributed by atoms with Crippen molar-refractivity contribution in [2.24, 2.45) is 0 Å². The van der Waals surface area contributed by atoms with Gasteiger partial charge < -0.3 is 14.7 Å². The SMILES string of the molecule is Cc1cc(C)n(Cc2c(C(=O)NCC[C@H](C)N3CCCC3)noc2C)n1. The molecule has 0 bridgehead atoms. The number of hydrogen-bond acceptors (Lipinski definition) is 5. The summed E-state index contributed by atoms with van der Waals surface area (Å²) in [6.07, 6.45) is 3.50. The third-order valence-electron chi connectivity index (χ3n) is 5.22. The third kappa shape index (κ3) is 4.15. The molecule has 3 rings (SSSR count). The number of likely N-dealkylation sites (tertiary alicyclic amines) is 1. The number of rotatable bonds is 7. The molecule has 1 atom stereocenters. The van der Waals surface area contributed by atoms with Crippen molar-refractivity contribution in [1.82, 2.24) is 25.2 Å². The normalized spacial score (nSPS) is 16.2. The van der Waals surface area contributed by atoms with E-state index in [9.17, 15) is 4.79 Å². The fourth-order valence-corrected chi connectivity index (χ4v) is 3.58. The van der Waals surface area contributed by atoms with Crippen LogP contribution in [-0.2, 0) is 6.54 Å². The van der Waals surface area contributed by atoms with Crippen LogP contribution < -0.4 is 5.32 Å². The van der Waals surface area contributed by atoms with Gasteiger partial charge in [0.15, 0.2) is 5.69 Å². The van der Waals surface area contributed by atoms with Crippen molar-refractivity contribution in [3.8, 4) is 0 Å².